The Morgan fingerprint density at radius 1 is 1.41 bits per heavy atom. The zero-order valence-corrected chi connectivity index (χ0v) is 12.5. The van der Waals surface area contributed by atoms with Crippen molar-refractivity contribution in [2.45, 2.75) is 25.9 Å². The van der Waals surface area contributed by atoms with Gasteiger partial charge in [0, 0.05) is 13.2 Å². The second kappa shape index (κ2) is 7.35. The van der Waals surface area contributed by atoms with E-state index in [2.05, 4.69) is 5.32 Å². The fourth-order valence-corrected chi connectivity index (χ4v) is 2.38. The topological polar surface area (TPSA) is 81.4 Å². The molecule has 1 aliphatic carbocycles. The van der Waals surface area contributed by atoms with Crippen molar-refractivity contribution < 1.29 is 18.7 Å². The van der Waals surface area contributed by atoms with Crippen LogP contribution in [-0.4, -0.2) is 31.1 Å². The Labute approximate surface area is 129 Å². The van der Waals surface area contributed by atoms with Gasteiger partial charge in [-0.3, -0.25) is 9.59 Å². The minimum absolute atomic E-state index is 0.00544. The lowest BCUT2D eigenvalue weighted by molar-refractivity contribution is -0.124. The molecule has 22 heavy (non-hydrogen) atoms. The fraction of sp³-hybridized carbons (Fsp3) is 0.500. The molecule has 3 atom stereocenters. The first-order chi connectivity index (χ1) is 10.5. The van der Waals surface area contributed by atoms with Crippen LogP contribution in [0.25, 0.3) is 0 Å². The van der Waals surface area contributed by atoms with Gasteiger partial charge in [0.1, 0.15) is 5.82 Å². The summed E-state index contributed by atoms with van der Waals surface area (Å²) in [7, 11) is 0. The number of nitrogens with two attached hydrogens (primary N) is 1. The molecule has 0 saturated heterocycles. The molecule has 0 spiro atoms. The molecule has 0 aromatic heterocycles. The lowest BCUT2D eigenvalue weighted by Crippen LogP contribution is -2.38. The van der Waals surface area contributed by atoms with Gasteiger partial charge in [-0.25, -0.2) is 4.39 Å². The minimum Gasteiger partial charge on any atom is -0.378 e. The Kier molecular flexibility index (Phi) is 5.49. The van der Waals surface area contributed by atoms with Gasteiger partial charge in [0.15, 0.2) is 0 Å². The summed E-state index contributed by atoms with van der Waals surface area (Å²) < 4.78 is 18.2. The molecular weight excluding hydrogens is 287 g/mol. The normalized spacial score (nSPS) is 21.2. The zero-order chi connectivity index (χ0) is 16.1. The van der Waals surface area contributed by atoms with Gasteiger partial charge >= 0.3 is 0 Å². The van der Waals surface area contributed by atoms with Crippen molar-refractivity contribution in [1.82, 2.24) is 5.32 Å². The van der Waals surface area contributed by atoms with Gasteiger partial charge in [-0.15, -0.1) is 0 Å². The van der Waals surface area contributed by atoms with Crippen molar-refractivity contribution in [3.8, 4) is 0 Å². The average Bonchev–Trinajstić information content (AvgIpc) is 3.24. The first-order valence-electron chi connectivity index (χ1n) is 7.44. The molecule has 1 aromatic carbocycles. The number of benzene rings is 1. The smallest absolute Gasteiger partial charge is 0.225 e. The zero-order valence-electron chi connectivity index (χ0n) is 12.5. The lowest BCUT2D eigenvalue weighted by atomic mass is 9.98. The van der Waals surface area contributed by atoms with E-state index in [9.17, 15) is 14.0 Å². The summed E-state index contributed by atoms with van der Waals surface area (Å²) in [5.74, 6) is -1.56. The summed E-state index contributed by atoms with van der Waals surface area (Å²) in [6.45, 7) is 2.66. The van der Waals surface area contributed by atoms with Crippen molar-refractivity contribution >= 4 is 11.8 Å². The number of nitrogens with one attached hydrogen (secondary N) is 1. The molecule has 2 amide bonds. The van der Waals surface area contributed by atoms with Crippen LogP contribution in [0.1, 0.15) is 18.9 Å². The third-order valence-electron chi connectivity index (χ3n) is 3.77. The Morgan fingerprint density at radius 2 is 2.09 bits per heavy atom. The lowest BCUT2D eigenvalue weighted by Gasteiger charge is -2.14. The van der Waals surface area contributed by atoms with E-state index >= 15 is 0 Å². The highest BCUT2D eigenvalue weighted by Crippen LogP contribution is 2.33. The highest BCUT2D eigenvalue weighted by atomic mass is 19.1. The molecule has 1 saturated carbocycles. The third kappa shape index (κ3) is 4.53. The SMILES string of the molecule is CCOC1CC1C(=O)NCC(Cc1ccc(F)cc1)C(N)=O. The van der Waals surface area contributed by atoms with E-state index in [0.29, 0.717) is 13.0 Å². The number of hydrogen-bond acceptors (Lipinski definition) is 3. The minimum atomic E-state index is -0.515. The van der Waals surface area contributed by atoms with E-state index in [1.54, 1.807) is 12.1 Å². The molecule has 0 aliphatic heterocycles. The first-order valence-corrected chi connectivity index (χ1v) is 7.44. The molecule has 1 aliphatic rings. The fourth-order valence-electron chi connectivity index (χ4n) is 2.38. The van der Waals surface area contributed by atoms with E-state index in [4.69, 9.17) is 10.5 Å². The van der Waals surface area contributed by atoms with Crippen LogP contribution in [0, 0.1) is 17.7 Å². The van der Waals surface area contributed by atoms with Crippen molar-refractivity contribution in [2.24, 2.45) is 17.6 Å². The highest BCUT2D eigenvalue weighted by molar-refractivity contribution is 5.83. The second-order valence-corrected chi connectivity index (χ2v) is 5.51. The molecule has 5 nitrogen and oxygen atoms in total. The Morgan fingerprint density at radius 3 is 2.68 bits per heavy atom. The number of primary amides is 1. The molecule has 2 rings (SSSR count). The van der Waals surface area contributed by atoms with Crippen molar-refractivity contribution in [3.63, 3.8) is 0 Å². The molecule has 3 N–H and O–H groups in total. The van der Waals surface area contributed by atoms with Crippen LogP contribution in [0.4, 0.5) is 4.39 Å². The monoisotopic (exact) mass is 308 g/mol. The van der Waals surface area contributed by atoms with Crippen molar-refractivity contribution in [1.29, 1.82) is 0 Å². The quantitative estimate of drug-likeness (QED) is 0.752. The molecule has 0 radical (unpaired) electrons. The second-order valence-electron chi connectivity index (χ2n) is 5.51. The summed E-state index contributed by atoms with van der Waals surface area (Å²) >= 11 is 0. The number of halogens is 1. The van der Waals surface area contributed by atoms with Crippen LogP contribution in [0.2, 0.25) is 0 Å². The van der Waals surface area contributed by atoms with E-state index < -0.39 is 11.8 Å². The van der Waals surface area contributed by atoms with Crippen LogP contribution in [0.5, 0.6) is 0 Å². The summed E-state index contributed by atoms with van der Waals surface area (Å²) in [5.41, 5.74) is 6.18. The van der Waals surface area contributed by atoms with Gasteiger partial charge in [0.05, 0.1) is 17.9 Å². The Balaban J connectivity index is 1.83. The van der Waals surface area contributed by atoms with Crippen LogP contribution in [0.15, 0.2) is 24.3 Å². The maximum atomic E-state index is 12.9. The standard InChI is InChI=1S/C16H21FN2O3/c1-2-22-14-8-13(14)16(21)19-9-11(15(18)20)7-10-3-5-12(17)6-4-10/h3-6,11,13-14H,2,7-9H2,1H3,(H2,18,20)(H,19,21). The molecular formula is C16H21FN2O3. The third-order valence-corrected chi connectivity index (χ3v) is 3.77. The van der Waals surface area contributed by atoms with Gasteiger partial charge in [0.25, 0.3) is 0 Å². The van der Waals surface area contributed by atoms with Crippen LogP contribution < -0.4 is 11.1 Å². The van der Waals surface area contributed by atoms with E-state index in [-0.39, 0.29) is 30.3 Å². The van der Waals surface area contributed by atoms with Gasteiger partial charge in [0.2, 0.25) is 11.8 Å². The summed E-state index contributed by atoms with van der Waals surface area (Å²) in [5, 5.41) is 2.75. The van der Waals surface area contributed by atoms with Gasteiger partial charge < -0.3 is 15.8 Å². The van der Waals surface area contributed by atoms with Gasteiger partial charge in [-0.1, -0.05) is 12.1 Å². The number of carbonyl (C=O) groups is 2. The van der Waals surface area contributed by atoms with Gasteiger partial charge in [-0.2, -0.15) is 0 Å². The predicted molar refractivity (Wildman–Crippen MR) is 79.3 cm³/mol. The Bertz CT molecular complexity index is 533. The summed E-state index contributed by atoms with van der Waals surface area (Å²) in [6, 6.07) is 5.89. The number of rotatable bonds is 8. The highest BCUT2D eigenvalue weighted by Gasteiger charge is 2.43. The molecule has 120 valence electrons. The molecule has 1 aromatic rings. The maximum absolute atomic E-state index is 12.9. The number of ether oxygens (including phenoxy) is 1. The summed E-state index contributed by atoms with van der Waals surface area (Å²) in [6.07, 6.45) is 1.09. The Hall–Kier alpha value is -1.95. The van der Waals surface area contributed by atoms with Crippen LogP contribution >= 0.6 is 0 Å². The first kappa shape index (κ1) is 16.4. The molecule has 0 heterocycles. The van der Waals surface area contributed by atoms with Crippen LogP contribution in [-0.2, 0) is 20.7 Å². The molecule has 6 heteroatoms. The number of amides is 2. The predicted octanol–water partition coefficient (Wildman–Crippen LogP) is 1.01. The molecule has 0 bridgehead atoms. The van der Waals surface area contributed by atoms with E-state index in [1.165, 1.54) is 12.1 Å². The van der Waals surface area contributed by atoms with E-state index in [0.717, 1.165) is 12.0 Å². The van der Waals surface area contributed by atoms with Crippen molar-refractivity contribution in [3.05, 3.63) is 35.6 Å². The molecule has 1 fully saturated rings. The van der Waals surface area contributed by atoms with Crippen LogP contribution in [0.3, 0.4) is 0 Å². The number of carbonyl (C=O) groups excluding carboxylic acids is 2. The molecule has 3 unspecified atom stereocenters. The number of hydrogen-bond donors (Lipinski definition) is 2. The average molecular weight is 308 g/mol. The van der Waals surface area contributed by atoms with Gasteiger partial charge in [-0.05, 0) is 37.5 Å². The largest absolute Gasteiger partial charge is 0.378 e. The van der Waals surface area contributed by atoms with E-state index in [1.807, 2.05) is 6.92 Å². The van der Waals surface area contributed by atoms with Crippen molar-refractivity contribution in [2.75, 3.05) is 13.2 Å². The maximum Gasteiger partial charge on any atom is 0.225 e. The summed E-state index contributed by atoms with van der Waals surface area (Å²) in [4.78, 5) is 23.4.